The topological polar surface area (TPSA) is 37.4 Å². The molecule has 0 aliphatic carbocycles. The molecular weight excluding hydrogens is 241 g/mol. The van der Waals surface area contributed by atoms with Crippen molar-refractivity contribution in [3.63, 3.8) is 0 Å². The van der Waals surface area contributed by atoms with Gasteiger partial charge >= 0.3 is 0 Å². The van der Waals surface area contributed by atoms with E-state index in [0.717, 1.165) is 18.9 Å². The molecule has 0 N–H and O–H groups in total. The Hall–Kier alpha value is -0.940. The van der Waals surface area contributed by atoms with Crippen LogP contribution in [0.15, 0.2) is 29.2 Å². The summed E-state index contributed by atoms with van der Waals surface area (Å²) in [6.07, 6.45) is 1.49. The Morgan fingerprint density at radius 1 is 1.18 bits per heavy atom. The van der Waals surface area contributed by atoms with E-state index in [4.69, 9.17) is 0 Å². The van der Waals surface area contributed by atoms with Crippen molar-refractivity contribution in [2.75, 3.05) is 13.1 Å². The summed E-state index contributed by atoms with van der Waals surface area (Å²) in [6.45, 7) is 4.77. The van der Waals surface area contributed by atoms with Gasteiger partial charge in [0, 0.05) is 13.1 Å². The van der Waals surface area contributed by atoms with E-state index >= 15 is 0 Å². The summed E-state index contributed by atoms with van der Waals surface area (Å²) in [7, 11) is -3.55. The van der Waals surface area contributed by atoms with Gasteiger partial charge in [-0.2, -0.15) is 4.31 Å². The van der Waals surface area contributed by atoms with Crippen LogP contribution < -0.4 is 0 Å². The van der Waals surface area contributed by atoms with Gasteiger partial charge in [-0.25, -0.2) is 12.8 Å². The highest BCUT2D eigenvalue weighted by Crippen LogP contribution is 2.17. The van der Waals surface area contributed by atoms with Gasteiger partial charge in [-0.1, -0.05) is 19.9 Å². The Bertz CT molecular complexity index is 453. The van der Waals surface area contributed by atoms with Crippen molar-refractivity contribution in [3.8, 4) is 0 Å². The van der Waals surface area contributed by atoms with Crippen LogP contribution in [-0.4, -0.2) is 25.8 Å². The first kappa shape index (κ1) is 14.1. The fraction of sp³-hybridized carbons (Fsp3) is 0.500. The Morgan fingerprint density at radius 3 is 2.24 bits per heavy atom. The zero-order valence-electron chi connectivity index (χ0n) is 10.2. The van der Waals surface area contributed by atoms with E-state index in [1.807, 2.05) is 13.8 Å². The molecule has 96 valence electrons. The van der Waals surface area contributed by atoms with Crippen LogP contribution >= 0.6 is 0 Å². The van der Waals surface area contributed by atoms with Crippen molar-refractivity contribution >= 4 is 10.0 Å². The van der Waals surface area contributed by atoms with Crippen molar-refractivity contribution in [2.24, 2.45) is 0 Å². The summed E-state index contributed by atoms with van der Waals surface area (Å²) in [6, 6.07) is 5.14. The average Bonchev–Trinajstić information content (AvgIpc) is 2.29. The zero-order valence-corrected chi connectivity index (χ0v) is 11.0. The standard InChI is InChI=1S/C12H18FNO2S/c1-3-8-14(9-4-2)17(15,16)12-7-5-6-11(13)10-12/h5-7,10H,3-4,8-9H2,1-2H3. The van der Waals surface area contributed by atoms with Gasteiger partial charge in [-0.3, -0.25) is 0 Å². The Balaban J connectivity index is 3.07. The van der Waals surface area contributed by atoms with Crippen LogP contribution in [0.4, 0.5) is 4.39 Å². The molecule has 0 atom stereocenters. The molecule has 0 saturated heterocycles. The van der Waals surface area contributed by atoms with E-state index in [2.05, 4.69) is 0 Å². The van der Waals surface area contributed by atoms with Crippen LogP contribution in [0.5, 0.6) is 0 Å². The first-order valence-corrected chi connectivity index (χ1v) is 7.22. The number of halogens is 1. The lowest BCUT2D eigenvalue weighted by Gasteiger charge is -2.20. The van der Waals surface area contributed by atoms with E-state index < -0.39 is 15.8 Å². The quantitative estimate of drug-likeness (QED) is 0.787. The largest absolute Gasteiger partial charge is 0.243 e. The molecule has 0 heterocycles. The molecule has 0 radical (unpaired) electrons. The number of rotatable bonds is 6. The van der Waals surface area contributed by atoms with Crippen molar-refractivity contribution in [1.29, 1.82) is 0 Å². The predicted octanol–water partition coefficient (Wildman–Crippen LogP) is 2.64. The second-order valence-corrected chi connectivity index (χ2v) is 5.80. The van der Waals surface area contributed by atoms with Crippen LogP contribution in [0.25, 0.3) is 0 Å². The van der Waals surface area contributed by atoms with Crippen molar-refractivity contribution < 1.29 is 12.8 Å². The van der Waals surface area contributed by atoms with Crippen LogP contribution in [0.1, 0.15) is 26.7 Å². The minimum absolute atomic E-state index is 0.0272. The summed E-state index contributed by atoms with van der Waals surface area (Å²) < 4.78 is 38.9. The molecule has 1 aromatic rings. The van der Waals surface area contributed by atoms with Crippen LogP contribution in [0.2, 0.25) is 0 Å². The molecule has 1 aromatic carbocycles. The van der Waals surface area contributed by atoms with E-state index in [-0.39, 0.29) is 4.90 Å². The fourth-order valence-corrected chi connectivity index (χ4v) is 3.28. The van der Waals surface area contributed by atoms with E-state index in [9.17, 15) is 12.8 Å². The molecule has 3 nitrogen and oxygen atoms in total. The maximum Gasteiger partial charge on any atom is 0.243 e. The molecule has 0 spiro atoms. The number of sulfonamides is 1. The smallest absolute Gasteiger partial charge is 0.207 e. The third-order valence-corrected chi connectivity index (χ3v) is 4.27. The molecule has 0 aliphatic heterocycles. The van der Waals surface area contributed by atoms with E-state index in [1.54, 1.807) is 0 Å². The van der Waals surface area contributed by atoms with Gasteiger partial charge in [-0.15, -0.1) is 0 Å². The highest BCUT2D eigenvalue weighted by atomic mass is 32.2. The third kappa shape index (κ3) is 3.51. The van der Waals surface area contributed by atoms with Crippen LogP contribution in [0, 0.1) is 5.82 Å². The number of hydrogen-bond acceptors (Lipinski definition) is 2. The minimum atomic E-state index is -3.55. The molecule has 5 heteroatoms. The molecule has 0 fully saturated rings. The first-order valence-electron chi connectivity index (χ1n) is 5.78. The Kier molecular flexibility index (Phi) is 5.08. The molecular formula is C12H18FNO2S. The van der Waals surface area contributed by atoms with Gasteiger partial charge in [-0.05, 0) is 31.0 Å². The summed E-state index contributed by atoms with van der Waals surface area (Å²) >= 11 is 0. The minimum Gasteiger partial charge on any atom is -0.207 e. The van der Waals surface area contributed by atoms with Crippen molar-refractivity contribution in [1.82, 2.24) is 4.31 Å². The van der Waals surface area contributed by atoms with Gasteiger partial charge in [0.05, 0.1) is 4.90 Å². The molecule has 0 amide bonds. The van der Waals surface area contributed by atoms with Gasteiger partial charge in [0.25, 0.3) is 0 Å². The molecule has 0 aliphatic rings. The lowest BCUT2D eigenvalue weighted by Crippen LogP contribution is -2.32. The number of benzene rings is 1. The molecule has 0 saturated carbocycles. The summed E-state index contributed by atoms with van der Waals surface area (Å²) in [5.41, 5.74) is 0. The maximum absolute atomic E-state index is 13.0. The third-order valence-electron chi connectivity index (χ3n) is 2.38. The van der Waals surface area contributed by atoms with Gasteiger partial charge in [0.1, 0.15) is 5.82 Å². The van der Waals surface area contributed by atoms with E-state index in [0.29, 0.717) is 13.1 Å². The Labute approximate surface area is 102 Å². The monoisotopic (exact) mass is 259 g/mol. The number of hydrogen-bond donors (Lipinski definition) is 0. The Morgan fingerprint density at radius 2 is 1.76 bits per heavy atom. The van der Waals surface area contributed by atoms with Crippen molar-refractivity contribution in [2.45, 2.75) is 31.6 Å². The predicted molar refractivity (Wildman–Crippen MR) is 65.7 cm³/mol. The lowest BCUT2D eigenvalue weighted by atomic mass is 10.4. The molecule has 0 bridgehead atoms. The van der Waals surface area contributed by atoms with Gasteiger partial charge in [0.15, 0.2) is 0 Å². The second-order valence-electron chi connectivity index (χ2n) is 3.86. The van der Waals surface area contributed by atoms with Crippen molar-refractivity contribution in [3.05, 3.63) is 30.1 Å². The van der Waals surface area contributed by atoms with Gasteiger partial charge < -0.3 is 0 Å². The highest BCUT2D eigenvalue weighted by Gasteiger charge is 2.23. The summed E-state index contributed by atoms with van der Waals surface area (Å²) in [4.78, 5) is 0.0272. The molecule has 1 rings (SSSR count). The fourth-order valence-electron chi connectivity index (χ4n) is 1.63. The van der Waals surface area contributed by atoms with Crippen LogP contribution in [-0.2, 0) is 10.0 Å². The van der Waals surface area contributed by atoms with Crippen LogP contribution in [0.3, 0.4) is 0 Å². The number of nitrogens with zero attached hydrogens (tertiary/aromatic N) is 1. The first-order chi connectivity index (χ1) is 8.02. The molecule has 0 unspecified atom stereocenters. The summed E-state index contributed by atoms with van der Waals surface area (Å²) in [5.74, 6) is -0.529. The van der Waals surface area contributed by atoms with E-state index in [1.165, 1.54) is 22.5 Å². The molecule has 17 heavy (non-hydrogen) atoms. The lowest BCUT2D eigenvalue weighted by molar-refractivity contribution is 0.409. The summed E-state index contributed by atoms with van der Waals surface area (Å²) in [5, 5.41) is 0. The average molecular weight is 259 g/mol. The highest BCUT2D eigenvalue weighted by molar-refractivity contribution is 7.89. The van der Waals surface area contributed by atoms with Gasteiger partial charge in [0.2, 0.25) is 10.0 Å². The normalized spacial score (nSPS) is 12.0. The maximum atomic E-state index is 13.0. The molecule has 0 aromatic heterocycles. The zero-order chi connectivity index (χ0) is 12.9. The second kappa shape index (κ2) is 6.12. The SMILES string of the molecule is CCCN(CCC)S(=O)(=O)c1cccc(F)c1.